The predicted molar refractivity (Wildman–Crippen MR) is 80.7 cm³/mol. The van der Waals surface area contributed by atoms with Crippen molar-refractivity contribution in [3.63, 3.8) is 0 Å². The Labute approximate surface area is 123 Å². The Kier molecular flexibility index (Phi) is 2.81. The molecule has 1 aromatic heterocycles. The molecule has 0 amide bonds. The zero-order chi connectivity index (χ0) is 14.6. The monoisotopic (exact) mass is 284 g/mol. The Hall–Kier alpha value is -1.84. The minimum absolute atomic E-state index is 0.354. The normalized spacial score (nSPS) is 20.4. The first kappa shape index (κ1) is 12.9. The van der Waals surface area contributed by atoms with E-state index in [9.17, 15) is 9.90 Å². The number of hydrogen-bond donors (Lipinski definition) is 1. The van der Waals surface area contributed by atoms with E-state index < -0.39 is 5.97 Å². The summed E-state index contributed by atoms with van der Waals surface area (Å²) in [6, 6.07) is 5.73. The molecule has 1 atom stereocenters. The van der Waals surface area contributed by atoms with Crippen LogP contribution >= 0.6 is 0 Å². The molecule has 110 valence electrons. The SMILES string of the molecule is CC(C1CCC1)n1c(C2CC2)nc2ccc(C(=O)O)cc21. The van der Waals surface area contributed by atoms with Crippen LogP contribution in [0.1, 0.15) is 67.2 Å². The van der Waals surface area contributed by atoms with E-state index in [0.717, 1.165) is 11.0 Å². The molecule has 2 fully saturated rings. The first-order valence-electron chi connectivity index (χ1n) is 7.90. The highest BCUT2D eigenvalue weighted by molar-refractivity contribution is 5.92. The summed E-state index contributed by atoms with van der Waals surface area (Å²) in [5.41, 5.74) is 2.29. The van der Waals surface area contributed by atoms with Gasteiger partial charge in [-0.1, -0.05) is 6.42 Å². The van der Waals surface area contributed by atoms with Crippen LogP contribution in [0.4, 0.5) is 0 Å². The van der Waals surface area contributed by atoms with Crippen LogP contribution in [0.5, 0.6) is 0 Å². The average molecular weight is 284 g/mol. The number of aromatic nitrogens is 2. The molecule has 4 nitrogen and oxygen atoms in total. The topological polar surface area (TPSA) is 55.1 Å². The Balaban J connectivity index is 1.88. The van der Waals surface area contributed by atoms with Crippen molar-refractivity contribution in [1.82, 2.24) is 9.55 Å². The second-order valence-electron chi connectivity index (χ2n) is 6.55. The summed E-state index contributed by atoms with van der Waals surface area (Å²) in [7, 11) is 0. The lowest BCUT2D eigenvalue weighted by molar-refractivity contribution is 0.0697. The highest BCUT2D eigenvalue weighted by Gasteiger charge is 2.34. The van der Waals surface area contributed by atoms with Gasteiger partial charge < -0.3 is 9.67 Å². The van der Waals surface area contributed by atoms with Crippen molar-refractivity contribution >= 4 is 17.0 Å². The molecule has 0 radical (unpaired) electrons. The maximum Gasteiger partial charge on any atom is 0.335 e. The second kappa shape index (κ2) is 4.58. The number of carbonyl (C=O) groups is 1. The lowest BCUT2D eigenvalue weighted by atomic mass is 9.80. The molecule has 2 aliphatic rings. The van der Waals surface area contributed by atoms with Gasteiger partial charge in [0.15, 0.2) is 0 Å². The van der Waals surface area contributed by atoms with E-state index in [2.05, 4.69) is 11.5 Å². The van der Waals surface area contributed by atoms with Crippen LogP contribution < -0.4 is 0 Å². The Morgan fingerprint density at radius 1 is 1.33 bits per heavy atom. The number of carboxylic acid groups (broad SMARTS) is 1. The van der Waals surface area contributed by atoms with Crippen molar-refractivity contribution in [3.8, 4) is 0 Å². The van der Waals surface area contributed by atoms with Crippen molar-refractivity contribution < 1.29 is 9.90 Å². The number of aromatic carboxylic acids is 1. The fourth-order valence-corrected chi connectivity index (χ4v) is 3.44. The molecular formula is C17H20N2O2. The van der Waals surface area contributed by atoms with Crippen LogP contribution in [0.25, 0.3) is 11.0 Å². The summed E-state index contributed by atoms with van der Waals surface area (Å²) in [5, 5.41) is 9.24. The van der Waals surface area contributed by atoms with E-state index in [-0.39, 0.29) is 0 Å². The number of hydrogen-bond acceptors (Lipinski definition) is 2. The summed E-state index contributed by atoms with van der Waals surface area (Å²) in [6.07, 6.45) is 6.31. The van der Waals surface area contributed by atoms with Crippen LogP contribution in [0.3, 0.4) is 0 Å². The molecule has 4 heteroatoms. The van der Waals surface area contributed by atoms with Crippen molar-refractivity contribution in [2.45, 2.75) is 51.0 Å². The third-order valence-corrected chi connectivity index (χ3v) is 5.15. The third-order valence-electron chi connectivity index (χ3n) is 5.15. The molecule has 2 aromatic rings. The quantitative estimate of drug-likeness (QED) is 0.924. The molecule has 0 bridgehead atoms. The van der Waals surface area contributed by atoms with Crippen LogP contribution in [0, 0.1) is 5.92 Å². The van der Waals surface area contributed by atoms with Crippen LogP contribution in [0.2, 0.25) is 0 Å². The summed E-state index contributed by atoms with van der Waals surface area (Å²) < 4.78 is 2.34. The molecule has 1 N–H and O–H groups in total. The molecule has 0 saturated heterocycles. The fraction of sp³-hybridized carbons (Fsp3) is 0.529. The van der Waals surface area contributed by atoms with Crippen molar-refractivity contribution in [2.75, 3.05) is 0 Å². The summed E-state index contributed by atoms with van der Waals surface area (Å²) >= 11 is 0. The van der Waals surface area contributed by atoms with Crippen LogP contribution in [-0.4, -0.2) is 20.6 Å². The van der Waals surface area contributed by atoms with Crippen LogP contribution in [0.15, 0.2) is 18.2 Å². The second-order valence-corrected chi connectivity index (χ2v) is 6.55. The maximum absolute atomic E-state index is 11.3. The van der Waals surface area contributed by atoms with Gasteiger partial charge in [0.05, 0.1) is 16.6 Å². The van der Waals surface area contributed by atoms with Gasteiger partial charge in [-0.15, -0.1) is 0 Å². The standard InChI is InChI=1S/C17H20N2O2/c1-10(11-3-2-4-11)19-15-9-13(17(20)21)7-8-14(15)18-16(19)12-5-6-12/h7-12H,2-6H2,1H3,(H,20,21). The van der Waals surface area contributed by atoms with Crippen molar-refractivity contribution in [2.24, 2.45) is 5.92 Å². The van der Waals surface area contributed by atoms with Gasteiger partial charge in [0.25, 0.3) is 0 Å². The fourth-order valence-electron chi connectivity index (χ4n) is 3.44. The van der Waals surface area contributed by atoms with Gasteiger partial charge in [0.1, 0.15) is 5.82 Å². The number of benzene rings is 1. The molecule has 1 heterocycles. The summed E-state index contributed by atoms with van der Waals surface area (Å²) in [4.78, 5) is 16.1. The molecule has 4 rings (SSSR count). The molecule has 21 heavy (non-hydrogen) atoms. The zero-order valence-corrected chi connectivity index (χ0v) is 12.2. The largest absolute Gasteiger partial charge is 0.478 e. The van der Waals surface area contributed by atoms with E-state index in [4.69, 9.17) is 4.98 Å². The predicted octanol–water partition coefficient (Wildman–Crippen LogP) is 3.97. The maximum atomic E-state index is 11.3. The van der Waals surface area contributed by atoms with Gasteiger partial charge in [0, 0.05) is 12.0 Å². The number of carboxylic acids is 1. The van der Waals surface area contributed by atoms with Gasteiger partial charge in [-0.3, -0.25) is 0 Å². The highest BCUT2D eigenvalue weighted by Crippen LogP contribution is 2.45. The summed E-state index contributed by atoms with van der Waals surface area (Å²) in [6.45, 7) is 2.27. The van der Waals surface area contributed by atoms with Gasteiger partial charge in [-0.25, -0.2) is 9.78 Å². The molecule has 1 aromatic carbocycles. The van der Waals surface area contributed by atoms with Crippen LogP contribution in [-0.2, 0) is 0 Å². The minimum Gasteiger partial charge on any atom is -0.478 e. The van der Waals surface area contributed by atoms with Gasteiger partial charge in [-0.05, 0) is 56.7 Å². The average Bonchev–Trinajstić information content (AvgIpc) is 3.16. The van der Waals surface area contributed by atoms with Gasteiger partial charge >= 0.3 is 5.97 Å². The summed E-state index contributed by atoms with van der Waals surface area (Å²) in [5.74, 6) is 1.60. The molecule has 2 aliphatic carbocycles. The van der Waals surface area contributed by atoms with E-state index in [1.165, 1.54) is 37.9 Å². The first-order chi connectivity index (χ1) is 10.1. The Bertz CT molecular complexity index is 711. The number of nitrogens with zero attached hydrogens (tertiary/aromatic N) is 2. The van der Waals surface area contributed by atoms with E-state index in [1.54, 1.807) is 12.1 Å². The molecule has 2 saturated carbocycles. The Morgan fingerprint density at radius 3 is 2.67 bits per heavy atom. The molecule has 1 unspecified atom stereocenters. The van der Waals surface area contributed by atoms with Gasteiger partial charge in [0.2, 0.25) is 0 Å². The zero-order valence-electron chi connectivity index (χ0n) is 12.2. The van der Waals surface area contributed by atoms with E-state index >= 15 is 0 Å². The number of fused-ring (bicyclic) bond motifs is 1. The van der Waals surface area contributed by atoms with Crippen molar-refractivity contribution in [3.05, 3.63) is 29.6 Å². The molecule has 0 spiro atoms. The lowest BCUT2D eigenvalue weighted by Gasteiger charge is -2.33. The number of rotatable bonds is 4. The highest BCUT2D eigenvalue weighted by atomic mass is 16.4. The third kappa shape index (κ3) is 2.04. The lowest BCUT2D eigenvalue weighted by Crippen LogP contribution is -2.24. The van der Waals surface area contributed by atoms with Crippen molar-refractivity contribution in [1.29, 1.82) is 0 Å². The van der Waals surface area contributed by atoms with Gasteiger partial charge in [-0.2, -0.15) is 0 Å². The molecular weight excluding hydrogens is 264 g/mol. The van der Waals surface area contributed by atoms with E-state index in [1.807, 2.05) is 6.07 Å². The molecule has 0 aliphatic heterocycles. The smallest absolute Gasteiger partial charge is 0.335 e. The Morgan fingerprint density at radius 2 is 2.10 bits per heavy atom. The van der Waals surface area contributed by atoms with E-state index in [0.29, 0.717) is 23.4 Å². The number of imidazole rings is 1. The minimum atomic E-state index is -0.867. The first-order valence-corrected chi connectivity index (χ1v) is 7.90.